The van der Waals surface area contributed by atoms with E-state index >= 15 is 0 Å². The second kappa shape index (κ2) is 3.80. The standard InChI is InChI=1S/C17H10N6O2/c1-2-8-11-9(3-1)23-14-15(20-5-4-19-14)25-17(23)12(11)16-22(8)13-10(24-16)6-18-7-21-13/h1-7,12,16-17H. The molecule has 4 aliphatic heterocycles. The molecule has 0 saturated heterocycles. The zero-order valence-corrected chi connectivity index (χ0v) is 12.8. The summed E-state index contributed by atoms with van der Waals surface area (Å²) in [5.74, 6) is 2.86. The lowest BCUT2D eigenvalue weighted by atomic mass is 10.0. The molecule has 0 saturated carbocycles. The van der Waals surface area contributed by atoms with Gasteiger partial charge in [-0.2, -0.15) is 0 Å². The first-order valence-corrected chi connectivity index (χ1v) is 8.07. The molecule has 8 nitrogen and oxygen atoms in total. The Bertz CT molecular complexity index is 993. The molecule has 3 unspecified atom stereocenters. The lowest BCUT2D eigenvalue weighted by Gasteiger charge is -2.26. The first-order chi connectivity index (χ1) is 12.4. The second-order valence-corrected chi connectivity index (χ2v) is 6.39. The van der Waals surface area contributed by atoms with E-state index in [1.807, 2.05) is 6.07 Å². The molecule has 0 amide bonds. The van der Waals surface area contributed by atoms with Crippen molar-refractivity contribution >= 4 is 23.0 Å². The number of fused-ring (bicyclic) bond motifs is 10. The predicted molar refractivity (Wildman–Crippen MR) is 86.4 cm³/mol. The average Bonchev–Trinajstić information content (AvgIpc) is 3.35. The zero-order valence-electron chi connectivity index (χ0n) is 12.8. The molecule has 1 aromatic carbocycles. The Morgan fingerprint density at radius 1 is 0.880 bits per heavy atom. The molecule has 8 heteroatoms. The lowest BCUT2D eigenvalue weighted by molar-refractivity contribution is 0.124. The number of ether oxygens (including phenoxy) is 2. The van der Waals surface area contributed by atoms with Crippen molar-refractivity contribution in [3.05, 3.63) is 48.7 Å². The van der Waals surface area contributed by atoms with Gasteiger partial charge in [-0.3, -0.25) is 9.80 Å². The van der Waals surface area contributed by atoms with Crippen LogP contribution in [0.15, 0.2) is 43.1 Å². The smallest absolute Gasteiger partial charge is 0.260 e. The van der Waals surface area contributed by atoms with E-state index in [1.54, 1.807) is 24.9 Å². The van der Waals surface area contributed by atoms with E-state index in [9.17, 15) is 0 Å². The van der Waals surface area contributed by atoms with E-state index in [-0.39, 0.29) is 18.4 Å². The molecule has 120 valence electrons. The molecule has 6 heterocycles. The molecule has 0 bridgehead atoms. The Kier molecular flexibility index (Phi) is 1.83. The van der Waals surface area contributed by atoms with Crippen LogP contribution in [0, 0.1) is 0 Å². The third-order valence-electron chi connectivity index (χ3n) is 5.28. The van der Waals surface area contributed by atoms with Crippen LogP contribution in [0.4, 0.5) is 23.0 Å². The fraction of sp³-hybridized carbons (Fsp3) is 0.176. The molecule has 2 aromatic heterocycles. The van der Waals surface area contributed by atoms with Gasteiger partial charge in [-0.25, -0.2) is 19.9 Å². The third kappa shape index (κ3) is 1.21. The van der Waals surface area contributed by atoms with Gasteiger partial charge in [0.05, 0.1) is 17.6 Å². The molecule has 0 radical (unpaired) electrons. The van der Waals surface area contributed by atoms with Crippen LogP contribution in [-0.2, 0) is 0 Å². The number of nitrogens with zero attached hydrogens (tertiary/aromatic N) is 6. The molecule has 0 fully saturated rings. The Morgan fingerprint density at radius 3 is 2.60 bits per heavy atom. The van der Waals surface area contributed by atoms with Gasteiger partial charge in [0.1, 0.15) is 12.2 Å². The van der Waals surface area contributed by atoms with Crippen LogP contribution in [-0.4, -0.2) is 32.4 Å². The Labute approximate surface area is 141 Å². The number of hydrogen-bond acceptors (Lipinski definition) is 8. The minimum Gasteiger partial charge on any atom is -0.464 e. The summed E-state index contributed by atoms with van der Waals surface area (Å²) in [6.45, 7) is 0. The molecule has 4 aliphatic rings. The minimum atomic E-state index is -0.217. The maximum Gasteiger partial charge on any atom is 0.260 e. The quantitative estimate of drug-likeness (QED) is 0.620. The van der Waals surface area contributed by atoms with Crippen molar-refractivity contribution < 1.29 is 9.47 Å². The summed E-state index contributed by atoms with van der Waals surface area (Å²) in [4.78, 5) is 21.6. The van der Waals surface area contributed by atoms with Gasteiger partial charge in [-0.1, -0.05) is 6.07 Å². The predicted octanol–water partition coefficient (Wildman–Crippen LogP) is 2.09. The summed E-state index contributed by atoms with van der Waals surface area (Å²) in [5, 5.41) is 0. The summed E-state index contributed by atoms with van der Waals surface area (Å²) >= 11 is 0. The van der Waals surface area contributed by atoms with E-state index in [2.05, 4.69) is 41.9 Å². The van der Waals surface area contributed by atoms with Crippen molar-refractivity contribution in [1.29, 1.82) is 0 Å². The van der Waals surface area contributed by atoms with Crippen LogP contribution in [0.2, 0.25) is 0 Å². The number of rotatable bonds is 0. The molecule has 0 N–H and O–H groups in total. The van der Waals surface area contributed by atoms with Crippen molar-refractivity contribution in [2.45, 2.75) is 18.4 Å². The highest BCUT2D eigenvalue weighted by Crippen LogP contribution is 2.62. The van der Waals surface area contributed by atoms with Gasteiger partial charge in [0.2, 0.25) is 0 Å². The zero-order chi connectivity index (χ0) is 16.1. The Balaban J connectivity index is 1.48. The van der Waals surface area contributed by atoms with Gasteiger partial charge in [0.25, 0.3) is 5.88 Å². The highest BCUT2D eigenvalue weighted by atomic mass is 16.5. The lowest BCUT2D eigenvalue weighted by Crippen LogP contribution is -2.41. The van der Waals surface area contributed by atoms with Crippen molar-refractivity contribution in [1.82, 2.24) is 19.9 Å². The molecular weight excluding hydrogens is 320 g/mol. The normalized spacial score (nSPS) is 25.7. The van der Waals surface area contributed by atoms with Crippen LogP contribution in [0.3, 0.4) is 0 Å². The summed E-state index contributed by atoms with van der Waals surface area (Å²) in [6, 6.07) is 6.25. The third-order valence-corrected chi connectivity index (χ3v) is 5.28. The van der Waals surface area contributed by atoms with E-state index in [1.165, 1.54) is 5.56 Å². The van der Waals surface area contributed by atoms with Crippen LogP contribution >= 0.6 is 0 Å². The van der Waals surface area contributed by atoms with Gasteiger partial charge in [0.15, 0.2) is 29.8 Å². The van der Waals surface area contributed by atoms with Crippen LogP contribution in [0.25, 0.3) is 0 Å². The Hall–Kier alpha value is -3.42. The number of benzene rings is 1. The molecule has 7 rings (SSSR count). The number of aromatic nitrogens is 4. The van der Waals surface area contributed by atoms with Gasteiger partial charge in [-0.15, -0.1) is 0 Å². The highest BCUT2D eigenvalue weighted by Gasteiger charge is 2.60. The topological polar surface area (TPSA) is 76.5 Å². The number of hydrogen-bond donors (Lipinski definition) is 0. The molecule has 0 aliphatic carbocycles. The van der Waals surface area contributed by atoms with E-state index in [4.69, 9.17) is 9.47 Å². The van der Waals surface area contributed by atoms with Gasteiger partial charge in [0, 0.05) is 18.0 Å². The Morgan fingerprint density at radius 2 is 1.68 bits per heavy atom. The van der Waals surface area contributed by atoms with E-state index < -0.39 is 0 Å². The summed E-state index contributed by atoms with van der Waals surface area (Å²) in [7, 11) is 0. The summed E-state index contributed by atoms with van der Waals surface area (Å²) < 4.78 is 12.4. The van der Waals surface area contributed by atoms with Crippen LogP contribution in [0.1, 0.15) is 11.5 Å². The fourth-order valence-corrected chi connectivity index (χ4v) is 4.43. The van der Waals surface area contributed by atoms with E-state index in [0.717, 1.165) is 23.0 Å². The number of anilines is 4. The first kappa shape index (κ1) is 12.0. The SMILES string of the molecule is c1cc2c3c(c1)N1c4nccnc4OC1C3C1Oc3cncnc3N21. The van der Waals surface area contributed by atoms with Gasteiger partial charge >= 0.3 is 0 Å². The van der Waals surface area contributed by atoms with Crippen LogP contribution in [0.5, 0.6) is 11.6 Å². The largest absolute Gasteiger partial charge is 0.464 e. The summed E-state index contributed by atoms with van der Waals surface area (Å²) in [6.07, 6.45) is 6.19. The molecule has 3 aromatic rings. The molecule has 25 heavy (non-hydrogen) atoms. The van der Waals surface area contributed by atoms with Crippen molar-refractivity contribution in [2.75, 3.05) is 9.80 Å². The van der Waals surface area contributed by atoms with Gasteiger partial charge in [-0.05, 0) is 12.1 Å². The van der Waals surface area contributed by atoms with Crippen LogP contribution < -0.4 is 19.3 Å². The van der Waals surface area contributed by atoms with Crippen molar-refractivity contribution in [2.24, 2.45) is 0 Å². The molecule has 3 atom stereocenters. The maximum atomic E-state index is 6.21. The minimum absolute atomic E-state index is 0.0244. The first-order valence-electron chi connectivity index (χ1n) is 8.07. The second-order valence-electron chi connectivity index (χ2n) is 6.39. The van der Waals surface area contributed by atoms with E-state index in [0.29, 0.717) is 11.6 Å². The fourth-order valence-electron chi connectivity index (χ4n) is 4.43. The maximum absolute atomic E-state index is 6.21. The van der Waals surface area contributed by atoms with Crippen molar-refractivity contribution in [3.63, 3.8) is 0 Å². The van der Waals surface area contributed by atoms with Gasteiger partial charge < -0.3 is 9.47 Å². The van der Waals surface area contributed by atoms with Crippen molar-refractivity contribution in [3.8, 4) is 11.6 Å². The summed E-state index contributed by atoms with van der Waals surface area (Å²) in [5.41, 5.74) is 3.42. The average molecular weight is 330 g/mol. The molecule has 0 spiro atoms. The molecular formula is C17H10N6O2. The highest BCUT2D eigenvalue weighted by molar-refractivity contribution is 5.87. The monoisotopic (exact) mass is 330 g/mol.